The van der Waals surface area contributed by atoms with Crippen molar-refractivity contribution >= 4 is 11.6 Å². The summed E-state index contributed by atoms with van der Waals surface area (Å²) in [5.74, 6) is 0. The molecular formula is C12H8ClN3O. The van der Waals surface area contributed by atoms with Gasteiger partial charge in [0.15, 0.2) is 0 Å². The Labute approximate surface area is 103 Å². The van der Waals surface area contributed by atoms with Crippen LogP contribution in [0.15, 0.2) is 41.5 Å². The molecule has 1 heterocycles. The third-order valence-electron chi connectivity index (χ3n) is 2.31. The molecule has 0 atom stereocenters. The molecule has 0 bridgehead atoms. The molecule has 5 heteroatoms. The fraction of sp³-hybridized carbons (Fsp3) is 0.0833. The average molecular weight is 246 g/mol. The second kappa shape index (κ2) is 4.81. The zero-order valence-corrected chi connectivity index (χ0v) is 9.55. The van der Waals surface area contributed by atoms with Gasteiger partial charge >= 0.3 is 5.69 Å². The predicted molar refractivity (Wildman–Crippen MR) is 63.8 cm³/mol. The summed E-state index contributed by atoms with van der Waals surface area (Å²) >= 11 is 6.02. The monoisotopic (exact) mass is 245 g/mol. The Kier molecular flexibility index (Phi) is 3.22. The third kappa shape index (κ3) is 2.52. The van der Waals surface area contributed by atoms with E-state index in [-0.39, 0.29) is 5.69 Å². The first-order valence-electron chi connectivity index (χ1n) is 4.90. The average Bonchev–Trinajstić information content (AvgIpc) is 2.34. The van der Waals surface area contributed by atoms with Crippen molar-refractivity contribution in [2.24, 2.45) is 0 Å². The summed E-state index contributed by atoms with van der Waals surface area (Å²) in [4.78, 5) is 15.1. The zero-order valence-electron chi connectivity index (χ0n) is 8.80. The van der Waals surface area contributed by atoms with Crippen LogP contribution in [0.3, 0.4) is 0 Å². The highest BCUT2D eigenvalue weighted by atomic mass is 35.5. The zero-order chi connectivity index (χ0) is 12.3. The van der Waals surface area contributed by atoms with Crippen molar-refractivity contribution in [3.05, 3.63) is 63.3 Å². The van der Waals surface area contributed by atoms with Gasteiger partial charge in [-0.3, -0.25) is 4.57 Å². The van der Waals surface area contributed by atoms with Crippen LogP contribution in [0.1, 0.15) is 11.1 Å². The van der Waals surface area contributed by atoms with Gasteiger partial charge in [-0.2, -0.15) is 5.26 Å². The van der Waals surface area contributed by atoms with Crippen LogP contribution in [0.4, 0.5) is 0 Å². The van der Waals surface area contributed by atoms with Gasteiger partial charge in [0, 0.05) is 17.4 Å². The van der Waals surface area contributed by atoms with E-state index in [2.05, 4.69) is 4.98 Å². The minimum atomic E-state index is -0.326. The van der Waals surface area contributed by atoms with E-state index in [4.69, 9.17) is 16.9 Å². The van der Waals surface area contributed by atoms with Gasteiger partial charge in [-0.25, -0.2) is 9.78 Å². The van der Waals surface area contributed by atoms with Crippen LogP contribution in [-0.4, -0.2) is 9.55 Å². The highest BCUT2D eigenvalue weighted by Crippen LogP contribution is 2.18. The summed E-state index contributed by atoms with van der Waals surface area (Å²) in [5.41, 5.74) is 0.950. The molecule has 0 saturated carbocycles. The van der Waals surface area contributed by atoms with Crippen molar-refractivity contribution in [3.8, 4) is 6.07 Å². The van der Waals surface area contributed by atoms with Crippen LogP contribution in [0.25, 0.3) is 0 Å². The lowest BCUT2D eigenvalue weighted by Gasteiger charge is -2.06. The van der Waals surface area contributed by atoms with E-state index in [1.807, 2.05) is 6.07 Å². The number of aromatic nitrogens is 2. The number of hydrogen-bond acceptors (Lipinski definition) is 3. The first kappa shape index (κ1) is 11.4. The van der Waals surface area contributed by atoms with Crippen LogP contribution in [-0.2, 0) is 6.54 Å². The summed E-state index contributed by atoms with van der Waals surface area (Å²) in [5, 5.41) is 9.18. The maximum atomic E-state index is 11.4. The molecule has 0 spiro atoms. The summed E-state index contributed by atoms with van der Waals surface area (Å²) in [7, 11) is 0. The lowest BCUT2D eigenvalue weighted by atomic mass is 10.1. The molecule has 84 valence electrons. The highest BCUT2D eigenvalue weighted by molar-refractivity contribution is 6.31. The van der Waals surface area contributed by atoms with E-state index in [1.165, 1.54) is 10.8 Å². The molecule has 1 aromatic carbocycles. The van der Waals surface area contributed by atoms with Crippen LogP contribution in [0.5, 0.6) is 0 Å². The predicted octanol–water partition coefficient (Wildman–Crippen LogP) is 1.82. The standard InChI is InChI=1S/C12H8ClN3O/c13-11-6-9(7-14)2-3-10(11)8-16-5-1-4-15-12(16)17/h1-6H,8H2. The van der Waals surface area contributed by atoms with Gasteiger partial charge in [0.2, 0.25) is 0 Å². The fourth-order valence-corrected chi connectivity index (χ4v) is 1.68. The Balaban J connectivity index is 2.35. The number of halogens is 1. The van der Waals surface area contributed by atoms with Crippen molar-refractivity contribution in [1.29, 1.82) is 5.26 Å². The van der Waals surface area contributed by atoms with Gasteiger partial charge in [0.1, 0.15) is 0 Å². The molecule has 2 rings (SSSR count). The molecule has 0 aliphatic carbocycles. The van der Waals surface area contributed by atoms with E-state index in [0.717, 1.165) is 5.56 Å². The van der Waals surface area contributed by atoms with E-state index < -0.39 is 0 Å². The molecule has 0 unspecified atom stereocenters. The number of nitrogens with zero attached hydrogens (tertiary/aromatic N) is 3. The van der Waals surface area contributed by atoms with Crippen LogP contribution in [0, 0.1) is 11.3 Å². The summed E-state index contributed by atoms with van der Waals surface area (Å²) in [6, 6.07) is 8.67. The summed E-state index contributed by atoms with van der Waals surface area (Å²) in [6.07, 6.45) is 3.09. The smallest absolute Gasteiger partial charge is 0.295 e. The molecule has 0 aliphatic heterocycles. The van der Waals surface area contributed by atoms with Crippen molar-refractivity contribution < 1.29 is 0 Å². The Hall–Kier alpha value is -2.12. The maximum absolute atomic E-state index is 11.4. The number of benzene rings is 1. The Morgan fingerprint density at radius 1 is 1.47 bits per heavy atom. The molecule has 0 radical (unpaired) electrons. The topological polar surface area (TPSA) is 58.7 Å². The second-order valence-electron chi connectivity index (χ2n) is 3.45. The molecule has 4 nitrogen and oxygen atoms in total. The fourth-order valence-electron chi connectivity index (χ4n) is 1.44. The van der Waals surface area contributed by atoms with Crippen molar-refractivity contribution in [1.82, 2.24) is 9.55 Å². The molecule has 2 aromatic rings. The van der Waals surface area contributed by atoms with E-state index in [9.17, 15) is 4.79 Å². The van der Waals surface area contributed by atoms with Gasteiger partial charge < -0.3 is 0 Å². The van der Waals surface area contributed by atoms with E-state index >= 15 is 0 Å². The molecule has 0 saturated heterocycles. The second-order valence-corrected chi connectivity index (χ2v) is 3.86. The van der Waals surface area contributed by atoms with Gasteiger partial charge in [-0.05, 0) is 23.8 Å². The number of hydrogen-bond donors (Lipinski definition) is 0. The van der Waals surface area contributed by atoms with Gasteiger partial charge in [0.05, 0.1) is 18.2 Å². The molecule has 0 aliphatic rings. The van der Waals surface area contributed by atoms with E-state index in [1.54, 1.807) is 30.5 Å². The van der Waals surface area contributed by atoms with Crippen molar-refractivity contribution in [2.45, 2.75) is 6.54 Å². The normalized spacial score (nSPS) is 9.88. The summed E-state index contributed by atoms with van der Waals surface area (Å²) in [6.45, 7) is 0.344. The molecule has 0 N–H and O–H groups in total. The van der Waals surface area contributed by atoms with Gasteiger partial charge in [0.25, 0.3) is 0 Å². The Morgan fingerprint density at radius 2 is 2.29 bits per heavy atom. The van der Waals surface area contributed by atoms with Crippen molar-refractivity contribution in [2.75, 3.05) is 0 Å². The van der Waals surface area contributed by atoms with Crippen LogP contribution >= 0.6 is 11.6 Å². The minimum absolute atomic E-state index is 0.326. The van der Waals surface area contributed by atoms with Gasteiger partial charge in [-0.1, -0.05) is 17.7 Å². The Bertz CT molecular complexity index is 643. The quantitative estimate of drug-likeness (QED) is 0.811. The summed E-state index contributed by atoms with van der Waals surface area (Å²) < 4.78 is 1.45. The van der Waals surface area contributed by atoms with Crippen LogP contribution < -0.4 is 5.69 Å². The van der Waals surface area contributed by atoms with Crippen LogP contribution in [0.2, 0.25) is 5.02 Å². The molecular weight excluding hydrogens is 238 g/mol. The molecule has 0 amide bonds. The molecule has 17 heavy (non-hydrogen) atoms. The highest BCUT2D eigenvalue weighted by Gasteiger charge is 2.03. The number of rotatable bonds is 2. The van der Waals surface area contributed by atoms with Gasteiger partial charge in [-0.15, -0.1) is 0 Å². The lowest BCUT2D eigenvalue weighted by Crippen LogP contribution is -2.22. The first-order chi connectivity index (χ1) is 8.20. The molecule has 1 aromatic heterocycles. The third-order valence-corrected chi connectivity index (χ3v) is 2.66. The number of nitriles is 1. The molecule has 0 fully saturated rings. The van der Waals surface area contributed by atoms with E-state index in [0.29, 0.717) is 17.1 Å². The largest absolute Gasteiger partial charge is 0.347 e. The minimum Gasteiger partial charge on any atom is -0.295 e. The lowest BCUT2D eigenvalue weighted by molar-refractivity contribution is 0.727. The SMILES string of the molecule is N#Cc1ccc(Cn2cccnc2=O)c(Cl)c1. The maximum Gasteiger partial charge on any atom is 0.347 e. The first-order valence-corrected chi connectivity index (χ1v) is 5.28. The Morgan fingerprint density at radius 3 is 2.94 bits per heavy atom. The van der Waals surface area contributed by atoms with Crippen molar-refractivity contribution in [3.63, 3.8) is 0 Å².